The molecule has 15 nitrogen and oxygen atoms in total. The van der Waals surface area contributed by atoms with Gasteiger partial charge in [-0.1, -0.05) is 20.8 Å². The molecule has 278 valence electrons. The van der Waals surface area contributed by atoms with Gasteiger partial charge in [0.1, 0.15) is 30.5 Å². The van der Waals surface area contributed by atoms with Gasteiger partial charge in [0.05, 0.1) is 23.7 Å². The summed E-state index contributed by atoms with van der Waals surface area (Å²) in [6.07, 6.45) is -7.54. The number of carbonyl (C=O) groups excluding carboxylic acids is 4. The third-order valence-corrected chi connectivity index (χ3v) is 15.3. The molecule has 5 saturated carbocycles. The van der Waals surface area contributed by atoms with Gasteiger partial charge < -0.3 is 54.8 Å². The maximum Gasteiger partial charge on any atom is 0.407 e. The molecule has 3 saturated heterocycles. The minimum atomic E-state index is -2.09. The fourth-order valence-electron chi connectivity index (χ4n) is 13.3. The Labute approximate surface area is 290 Å². The summed E-state index contributed by atoms with van der Waals surface area (Å²) in [6.45, 7) is 13.2. The molecule has 8 aliphatic rings. The topological polar surface area (TPSA) is 229 Å². The number of hydrogen-bond acceptors (Lipinski definition) is 14. The van der Waals surface area contributed by atoms with E-state index >= 15 is 0 Å². The van der Waals surface area contributed by atoms with Gasteiger partial charge in [-0.3, -0.25) is 9.59 Å². The van der Waals surface area contributed by atoms with Crippen molar-refractivity contribution in [2.24, 2.45) is 63.4 Å². The van der Waals surface area contributed by atoms with Gasteiger partial charge in [0.25, 0.3) is 0 Å². The van der Waals surface area contributed by atoms with Crippen LogP contribution in [0.4, 0.5) is 4.79 Å². The van der Waals surface area contributed by atoms with E-state index in [1.165, 1.54) is 20.8 Å². The molecule has 21 atom stereocenters. The second-order valence-electron chi connectivity index (χ2n) is 17.1. The SMILES string of the molecule is CCNC(=O)O[C@@H]1C2C([C@H](OC(C)=O)[C@H](OC(C)=O)[C@]3(C)[C@H]4[C@H](C)[C@H]5O[C@]56OC(=O)[C@@](C)(O)[C@]6(C)[C@@H]4[C@H](O)[C@@H]23)[C@]2(C)[C@H](C[C@@H]3O[C@@H]3[C@@H]2O)[C@H]1N. The number of epoxide rings is 2. The van der Waals surface area contributed by atoms with Gasteiger partial charge in [0.2, 0.25) is 5.79 Å². The van der Waals surface area contributed by atoms with E-state index in [9.17, 15) is 34.5 Å². The first-order valence-corrected chi connectivity index (χ1v) is 18.0. The highest BCUT2D eigenvalue weighted by Crippen LogP contribution is 2.80. The summed E-state index contributed by atoms with van der Waals surface area (Å²) in [5, 5.41) is 39.8. The molecule has 15 heteroatoms. The number of fused-ring (bicyclic) bond motifs is 9. The Balaban J connectivity index is 1.39. The van der Waals surface area contributed by atoms with Gasteiger partial charge >= 0.3 is 24.0 Å². The molecular formula is C35H50N2O13. The minimum absolute atomic E-state index is 0.258. The zero-order valence-corrected chi connectivity index (χ0v) is 29.7. The van der Waals surface area contributed by atoms with Gasteiger partial charge in [-0.15, -0.1) is 0 Å². The van der Waals surface area contributed by atoms with Crippen LogP contribution in [0.5, 0.6) is 0 Å². The summed E-state index contributed by atoms with van der Waals surface area (Å²) in [5.74, 6) is -8.71. The summed E-state index contributed by atoms with van der Waals surface area (Å²) >= 11 is 0. The number of carbonyl (C=O) groups is 4. The highest BCUT2D eigenvalue weighted by atomic mass is 16.8. The Morgan fingerprint density at radius 1 is 0.960 bits per heavy atom. The van der Waals surface area contributed by atoms with Crippen LogP contribution in [0.1, 0.15) is 61.8 Å². The number of hydrogen-bond donors (Lipinski definition) is 5. The van der Waals surface area contributed by atoms with Crippen LogP contribution in [-0.4, -0.2) is 112 Å². The number of aliphatic hydroxyl groups excluding tert-OH is 2. The second-order valence-corrected chi connectivity index (χ2v) is 17.1. The van der Waals surface area contributed by atoms with Crippen LogP contribution in [0.2, 0.25) is 0 Å². The molecule has 0 aromatic rings. The molecule has 5 aliphatic carbocycles. The molecule has 0 radical (unpaired) electrons. The lowest BCUT2D eigenvalue weighted by Gasteiger charge is -2.67. The van der Waals surface area contributed by atoms with Crippen LogP contribution in [0.25, 0.3) is 0 Å². The van der Waals surface area contributed by atoms with Crippen molar-refractivity contribution >= 4 is 24.0 Å². The molecule has 8 rings (SSSR count). The van der Waals surface area contributed by atoms with E-state index in [0.29, 0.717) is 6.42 Å². The zero-order chi connectivity index (χ0) is 36.4. The first-order valence-electron chi connectivity index (χ1n) is 18.0. The molecule has 3 heterocycles. The van der Waals surface area contributed by atoms with Crippen molar-refractivity contribution in [3.8, 4) is 0 Å². The van der Waals surface area contributed by atoms with Crippen LogP contribution >= 0.6 is 0 Å². The molecule has 3 aliphatic heterocycles. The molecular weight excluding hydrogens is 656 g/mol. The van der Waals surface area contributed by atoms with Crippen molar-refractivity contribution in [1.82, 2.24) is 5.32 Å². The Bertz CT molecular complexity index is 1540. The number of amides is 1. The number of ether oxygens (including phenoxy) is 6. The summed E-state index contributed by atoms with van der Waals surface area (Å²) in [6, 6.07) is -0.846. The lowest BCUT2D eigenvalue weighted by molar-refractivity contribution is -0.283. The van der Waals surface area contributed by atoms with E-state index in [1.54, 1.807) is 13.8 Å². The van der Waals surface area contributed by atoms with Crippen LogP contribution in [0.15, 0.2) is 0 Å². The smallest absolute Gasteiger partial charge is 0.407 e. The predicted octanol–water partition coefficient (Wildman–Crippen LogP) is -0.00580. The van der Waals surface area contributed by atoms with Crippen molar-refractivity contribution in [1.29, 1.82) is 0 Å². The highest BCUT2D eigenvalue weighted by Gasteiger charge is 2.93. The summed E-state index contributed by atoms with van der Waals surface area (Å²) in [5.41, 5.74) is 1.21. The Morgan fingerprint density at radius 2 is 1.62 bits per heavy atom. The summed E-state index contributed by atoms with van der Waals surface area (Å²) < 4.78 is 36.7. The van der Waals surface area contributed by atoms with E-state index in [-0.39, 0.29) is 12.6 Å². The molecule has 0 aromatic carbocycles. The molecule has 1 amide bonds. The van der Waals surface area contributed by atoms with Crippen molar-refractivity contribution in [2.75, 3.05) is 6.54 Å². The van der Waals surface area contributed by atoms with Gasteiger partial charge in [-0.2, -0.15) is 0 Å². The number of esters is 3. The molecule has 50 heavy (non-hydrogen) atoms. The maximum atomic E-state index is 13.4. The fourth-order valence-corrected chi connectivity index (χ4v) is 13.3. The average Bonchev–Trinajstić information content (AvgIpc) is 3.92. The van der Waals surface area contributed by atoms with Crippen LogP contribution in [-0.2, 0) is 42.8 Å². The molecule has 0 aromatic heterocycles. The van der Waals surface area contributed by atoms with Crippen molar-refractivity contribution in [2.45, 2.75) is 128 Å². The Hall–Kier alpha value is -2.56. The first-order chi connectivity index (χ1) is 23.3. The number of nitrogens with two attached hydrogens (primary N) is 1. The van der Waals surface area contributed by atoms with Crippen molar-refractivity contribution in [3.05, 3.63) is 0 Å². The molecule has 1 spiro atoms. The van der Waals surface area contributed by atoms with Gasteiger partial charge in [-0.05, 0) is 44.9 Å². The minimum Gasteiger partial charge on any atom is -0.458 e. The molecule has 2 unspecified atom stereocenters. The van der Waals surface area contributed by atoms with Crippen molar-refractivity contribution in [3.63, 3.8) is 0 Å². The maximum absolute atomic E-state index is 13.4. The standard InChI is InChI=1S/C35H50N2O13/c1-9-37-30(43)48-24-16-18-22(40)20-17(11(2)27-35(49-27)33(20,7)34(8,44)29(42)50-35)32(18,6)28(46-13(4)39)25(45-12(3)38)19(16)31(5)14(21(24)36)10-15-23(47-15)26(31)41/h11,14-28,40-41,44H,9-10,36H2,1-8H3,(H,37,43)/t11-,14+,15-,16?,17-,18+,19?,20-,21+,22+,23-,24+,25-,26-,27+,28-,31-,32+,33-,34+,35-/m0/s1. The first kappa shape index (κ1) is 34.5. The third kappa shape index (κ3) is 3.76. The largest absolute Gasteiger partial charge is 0.458 e. The Morgan fingerprint density at radius 3 is 2.24 bits per heavy atom. The lowest BCUT2D eigenvalue weighted by Crippen LogP contribution is -2.76. The number of nitrogens with one attached hydrogen (secondary N) is 1. The van der Waals surface area contributed by atoms with E-state index in [1.807, 2.05) is 20.8 Å². The molecule has 8 fully saturated rings. The average molecular weight is 707 g/mol. The van der Waals surface area contributed by atoms with Crippen LogP contribution in [0, 0.1) is 57.7 Å². The van der Waals surface area contributed by atoms with Crippen molar-refractivity contribution < 1.29 is 62.9 Å². The second kappa shape index (κ2) is 10.3. The van der Waals surface area contributed by atoms with Crippen LogP contribution in [0.3, 0.4) is 0 Å². The van der Waals surface area contributed by atoms with E-state index in [0.717, 1.165) is 0 Å². The fraction of sp³-hybridized carbons (Fsp3) is 0.886. The number of aliphatic hydroxyl groups is 3. The highest BCUT2D eigenvalue weighted by molar-refractivity contribution is 5.84. The molecule has 0 bridgehead atoms. The number of alkyl carbamates (subject to hydrolysis) is 1. The van der Waals surface area contributed by atoms with E-state index in [4.69, 9.17) is 34.2 Å². The monoisotopic (exact) mass is 706 g/mol. The third-order valence-electron chi connectivity index (χ3n) is 15.3. The van der Waals surface area contributed by atoms with Gasteiger partial charge in [0, 0.05) is 60.9 Å². The summed E-state index contributed by atoms with van der Waals surface area (Å²) in [4.78, 5) is 52.9. The van der Waals surface area contributed by atoms with Gasteiger partial charge in [-0.25, -0.2) is 9.59 Å². The normalized spacial score (nSPS) is 59.1. The van der Waals surface area contributed by atoms with E-state index < -0.39 is 142 Å². The summed E-state index contributed by atoms with van der Waals surface area (Å²) in [7, 11) is 0. The molecule has 6 N–H and O–H groups in total. The number of rotatable bonds is 4. The Kier molecular flexibility index (Phi) is 7.12. The predicted molar refractivity (Wildman–Crippen MR) is 167 cm³/mol. The quantitative estimate of drug-likeness (QED) is 0.147. The zero-order valence-electron chi connectivity index (χ0n) is 29.7. The van der Waals surface area contributed by atoms with Crippen LogP contribution < -0.4 is 11.1 Å². The van der Waals surface area contributed by atoms with Gasteiger partial charge in [0.15, 0.2) is 5.60 Å². The van der Waals surface area contributed by atoms with E-state index in [2.05, 4.69) is 5.32 Å². The lowest BCUT2D eigenvalue weighted by atomic mass is 9.40.